The van der Waals surface area contributed by atoms with Crippen LogP contribution in [0.1, 0.15) is 84.5 Å². The Morgan fingerprint density at radius 3 is 2.41 bits per heavy atom. The van der Waals surface area contributed by atoms with Gasteiger partial charge in [0.2, 0.25) is 0 Å². The first-order valence-electron chi connectivity index (χ1n) is 12.0. The molecule has 0 aromatic carbocycles. The minimum absolute atomic E-state index is 0. The number of Topliss-reactive ketones (excluding diaryl/α,β-unsaturated/α-hetero) is 2. The Labute approximate surface area is 212 Å². The summed E-state index contributed by atoms with van der Waals surface area (Å²) in [5.74, 6) is 0.686. The van der Waals surface area contributed by atoms with E-state index < -0.39 is 11.9 Å². The Hall–Kier alpha value is -0.720. The second kappa shape index (κ2) is 9.87. The topological polar surface area (TPSA) is 101 Å². The van der Waals surface area contributed by atoms with E-state index >= 15 is 0 Å². The Balaban J connectivity index is 0.00000289. The second-order valence-electron chi connectivity index (χ2n) is 11.1. The van der Waals surface area contributed by atoms with Gasteiger partial charge in [0, 0.05) is 24.7 Å². The second-order valence-corrected chi connectivity index (χ2v) is 11.1. The maximum absolute atomic E-state index is 13.0. The molecule has 6 nitrogen and oxygen atoms in total. The largest absolute Gasteiger partial charge is 1.00 e. The third kappa shape index (κ3) is 4.61. The quantitative estimate of drug-likeness (QED) is 0.409. The Morgan fingerprint density at radius 2 is 1.69 bits per heavy atom. The van der Waals surface area contributed by atoms with Crippen LogP contribution in [0.5, 0.6) is 0 Å². The van der Waals surface area contributed by atoms with E-state index in [1.54, 1.807) is 0 Å². The van der Waals surface area contributed by atoms with E-state index in [1.165, 1.54) is 0 Å². The molecule has 4 rings (SSSR count). The third-order valence-electron chi connectivity index (χ3n) is 9.78. The minimum atomic E-state index is -1.29. The number of rotatable bonds is 6. The molecule has 0 N–H and O–H groups in total. The predicted octanol–water partition coefficient (Wildman–Crippen LogP) is -0.139. The number of hydrogen-bond donors (Lipinski definition) is 0. The molecule has 4 saturated carbocycles. The van der Waals surface area contributed by atoms with Crippen molar-refractivity contribution in [1.82, 2.24) is 0 Å². The molecule has 0 aromatic rings. The zero-order valence-corrected chi connectivity index (χ0v) is 21.8. The van der Waals surface area contributed by atoms with E-state index in [0.29, 0.717) is 29.5 Å². The summed E-state index contributed by atoms with van der Waals surface area (Å²) in [6, 6.07) is 0. The molecular weight excluding hydrogens is 419 g/mol. The summed E-state index contributed by atoms with van der Waals surface area (Å²) in [6.45, 7) is 4.43. The van der Waals surface area contributed by atoms with Gasteiger partial charge in [-0.3, -0.25) is 14.4 Å². The number of carboxylic acids is 1. The van der Waals surface area contributed by atoms with E-state index in [0.717, 1.165) is 57.8 Å². The van der Waals surface area contributed by atoms with Crippen LogP contribution < -0.4 is 34.7 Å². The molecule has 0 bridgehead atoms. The van der Waals surface area contributed by atoms with Crippen molar-refractivity contribution in [3.05, 3.63) is 0 Å². The molecule has 0 radical (unpaired) electrons. The monoisotopic (exact) mass is 454 g/mol. The van der Waals surface area contributed by atoms with E-state index in [4.69, 9.17) is 4.74 Å². The van der Waals surface area contributed by atoms with Gasteiger partial charge in [0.1, 0.15) is 12.4 Å². The average molecular weight is 455 g/mol. The van der Waals surface area contributed by atoms with Crippen LogP contribution in [0.25, 0.3) is 0 Å². The zero-order chi connectivity index (χ0) is 22.4. The van der Waals surface area contributed by atoms with Crippen LogP contribution in [0.15, 0.2) is 0 Å². The number of fused-ring (bicyclic) bond motifs is 5. The molecule has 4 aliphatic carbocycles. The van der Waals surface area contributed by atoms with Gasteiger partial charge < -0.3 is 14.6 Å². The van der Waals surface area contributed by atoms with Gasteiger partial charge in [-0.2, -0.15) is 0 Å². The van der Waals surface area contributed by atoms with Gasteiger partial charge in [0.25, 0.3) is 0 Å². The van der Waals surface area contributed by atoms with Crippen LogP contribution in [-0.2, 0) is 23.9 Å². The summed E-state index contributed by atoms with van der Waals surface area (Å²) < 4.78 is 5.08. The van der Waals surface area contributed by atoms with Gasteiger partial charge in [-0.05, 0) is 85.9 Å². The van der Waals surface area contributed by atoms with Crippen molar-refractivity contribution in [3.8, 4) is 0 Å². The van der Waals surface area contributed by atoms with Crippen molar-refractivity contribution < 1.29 is 58.6 Å². The molecule has 0 amide bonds. The molecular formula is C25H35NaO6. The molecule has 0 heterocycles. The molecule has 4 aliphatic rings. The van der Waals surface area contributed by atoms with Gasteiger partial charge in [-0.15, -0.1) is 0 Å². The predicted molar refractivity (Wildman–Crippen MR) is 110 cm³/mol. The van der Waals surface area contributed by atoms with Crippen LogP contribution in [0.2, 0.25) is 0 Å². The molecule has 0 spiro atoms. The SMILES string of the molecule is C[C@@]12CCC(=O)C[C@@H]1CC[C@H]1[C@H]2CC[C@]2(C)[C@@H]1CC[C@H]2C(=O)COC(=O)CCC(=O)[O-].[Na+]. The van der Waals surface area contributed by atoms with Gasteiger partial charge in [-0.25, -0.2) is 0 Å². The fourth-order valence-corrected chi connectivity index (χ4v) is 8.10. The van der Waals surface area contributed by atoms with Gasteiger partial charge in [0.15, 0.2) is 5.78 Å². The molecule has 7 heteroatoms. The maximum Gasteiger partial charge on any atom is 1.00 e. The summed E-state index contributed by atoms with van der Waals surface area (Å²) >= 11 is 0. The summed E-state index contributed by atoms with van der Waals surface area (Å²) in [4.78, 5) is 47.3. The summed E-state index contributed by atoms with van der Waals surface area (Å²) in [7, 11) is 0. The Bertz CT molecular complexity index is 780. The Kier molecular flexibility index (Phi) is 7.99. The molecule has 4 fully saturated rings. The van der Waals surface area contributed by atoms with Crippen molar-refractivity contribution in [2.24, 2.45) is 40.4 Å². The summed E-state index contributed by atoms with van der Waals surface area (Å²) in [5, 5.41) is 10.5. The van der Waals surface area contributed by atoms with Crippen molar-refractivity contribution in [3.63, 3.8) is 0 Å². The fraction of sp³-hybridized carbons (Fsp3) is 0.840. The van der Waals surface area contributed by atoms with Crippen molar-refractivity contribution in [2.45, 2.75) is 84.5 Å². The van der Waals surface area contributed by atoms with Gasteiger partial charge in [-0.1, -0.05) is 13.8 Å². The number of ether oxygens (including phenoxy) is 1. The number of hydrogen-bond acceptors (Lipinski definition) is 6. The molecule has 0 aromatic heterocycles. The molecule has 7 atom stereocenters. The van der Waals surface area contributed by atoms with Crippen LogP contribution in [0.3, 0.4) is 0 Å². The first-order valence-corrected chi connectivity index (χ1v) is 12.0. The molecule has 0 unspecified atom stereocenters. The van der Waals surface area contributed by atoms with Crippen LogP contribution >= 0.6 is 0 Å². The Morgan fingerprint density at radius 1 is 0.969 bits per heavy atom. The van der Waals surface area contributed by atoms with E-state index in [1.807, 2.05) is 0 Å². The van der Waals surface area contributed by atoms with Gasteiger partial charge >= 0.3 is 35.5 Å². The average Bonchev–Trinajstić information content (AvgIpc) is 3.08. The smallest absolute Gasteiger partial charge is 0.550 e. The normalized spacial score (nSPS) is 40.3. The van der Waals surface area contributed by atoms with Crippen LogP contribution in [-0.4, -0.2) is 30.1 Å². The summed E-state index contributed by atoms with van der Waals surface area (Å²) in [5.41, 5.74) is 0.206. The fourth-order valence-electron chi connectivity index (χ4n) is 8.10. The van der Waals surface area contributed by atoms with Crippen molar-refractivity contribution in [1.29, 1.82) is 0 Å². The van der Waals surface area contributed by atoms with Gasteiger partial charge in [0.05, 0.1) is 6.42 Å². The minimum Gasteiger partial charge on any atom is -0.550 e. The van der Waals surface area contributed by atoms with Crippen LogP contribution in [0.4, 0.5) is 0 Å². The van der Waals surface area contributed by atoms with E-state index in [-0.39, 0.29) is 71.5 Å². The van der Waals surface area contributed by atoms with Crippen molar-refractivity contribution in [2.75, 3.05) is 6.61 Å². The van der Waals surface area contributed by atoms with Crippen LogP contribution in [0, 0.1) is 40.4 Å². The zero-order valence-electron chi connectivity index (χ0n) is 19.8. The molecule has 32 heavy (non-hydrogen) atoms. The number of aliphatic carboxylic acids is 1. The van der Waals surface area contributed by atoms with E-state index in [9.17, 15) is 24.3 Å². The van der Waals surface area contributed by atoms with Crippen molar-refractivity contribution >= 4 is 23.5 Å². The number of ketones is 2. The number of carbonyl (C=O) groups excluding carboxylic acids is 4. The van der Waals surface area contributed by atoms with E-state index in [2.05, 4.69) is 13.8 Å². The summed E-state index contributed by atoms with van der Waals surface area (Å²) in [6.07, 6.45) is 8.18. The molecule has 172 valence electrons. The third-order valence-corrected chi connectivity index (χ3v) is 9.78. The molecule has 0 aliphatic heterocycles. The number of carboxylic acid groups (broad SMARTS) is 1. The maximum atomic E-state index is 13.0. The first kappa shape index (κ1) is 25.9. The first-order chi connectivity index (χ1) is 14.6. The number of esters is 1. The number of carbonyl (C=O) groups is 4. The molecule has 0 saturated heterocycles. The standard InChI is InChI=1S/C25H36O6.Na/c1-24-11-9-16(26)13-15(24)3-4-17-18-5-6-20(25(18,2)12-10-19(17)24)21(27)14-31-23(30)8-7-22(28)29;/h15,17-20H,3-14H2,1-2H3,(H,28,29);/q;+1/p-1/t15-,17+,18+,19+,20-,24+,25+;/m0./s1.